The summed E-state index contributed by atoms with van der Waals surface area (Å²) in [4.78, 5) is 9.09. The molecule has 1 aromatic rings. The Hall–Kier alpha value is -2.00. The van der Waals surface area contributed by atoms with Gasteiger partial charge in [-0.15, -0.1) is 0 Å². The van der Waals surface area contributed by atoms with Gasteiger partial charge in [-0.3, -0.25) is 9.89 Å². The number of hydrogen-bond donors (Lipinski definition) is 2. The van der Waals surface area contributed by atoms with E-state index in [1.165, 1.54) is 12.1 Å². The number of nitrogens with one attached hydrogen (secondary N) is 2. The number of rotatable bonds is 8. The van der Waals surface area contributed by atoms with E-state index in [9.17, 15) is 13.2 Å². The fraction of sp³-hybridized carbons (Fsp3) is 0.632. The summed E-state index contributed by atoms with van der Waals surface area (Å²) in [6, 6.07) is 6.54. The van der Waals surface area contributed by atoms with E-state index >= 15 is 0 Å². The summed E-state index contributed by atoms with van der Waals surface area (Å²) in [6.07, 6.45) is -4.33. The molecule has 0 radical (unpaired) electrons. The number of piperazine rings is 1. The van der Waals surface area contributed by atoms with Gasteiger partial charge in [0.2, 0.25) is 0 Å². The number of hydrogen-bond acceptors (Lipinski definition) is 4. The SMILES string of the molecule is CCN1CCN(CCNC(=NC)NCc2ccc(OCC(F)(F)F)cc2)CC1. The molecule has 1 aliphatic heterocycles. The molecule has 28 heavy (non-hydrogen) atoms. The van der Waals surface area contributed by atoms with E-state index in [0.717, 1.165) is 51.4 Å². The number of aliphatic imine (C=N–C) groups is 1. The zero-order valence-corrected chi connectivity index (χ0v) is 16.6. The number of guanidine groups is 1. The van der Waals surface area contributed by atoms with Crippen molar-refractivity contribution < 1.29 is 17.9 Å². The molecule has 0 saturated carbocycles. The molecule has 0 amide bonds. The first-order valence-corrected chi connectivity index (χ1v) is 9.57. The predicted molar refractivity (Wildman–Crippen MR) is 105 cm³/mol. The Balaban J connectivity index is 1.66. The Kier molecular flexibility index (Phi) is 8.85. The minimum atomic E-state index is -4.33. The van der Waals surface area contributed by atoms with Crippen molar-refractivity contribution in [2.24, 2.45) is 4.99 Å². The maximum absolute atomic E-state index is 12.2. The molecule has 1 aliphatic rings. The zero-order chi connectivity index (χ0) is 20.4. The third-order valence-electron chi connectivity index (χ3n) is 4.64. The molecule has 158 valence electrons. The van der Waals surface area contributed by atoms with Crippen molar-refractivity contribution in [1.82, 2.24) is 20.4 Å². The number of benzene rings is 1. The Morgan fingerprint density at radius 3 is 2.29 bits per heavy atom. The lowest BCUT2D eigenvalue weighted by molar-refractivity contribution is -0.153. The van der Waals surface area contributed by atoms with Crippen LogP contribution in [0.1, 0.15) is 12.5 Å². The van der Waals surface area contributed by atoms with E-state index in [4.69, 9.17) is 4.74 Å². The molecule has 2 N–H and O–H groups in total. The molecule has 0 bridgehead atoms. The lowest BCUT2D eigenvalue weighted by atomic mass is 10.2. The second-order valence-corrected chi connectivity index (χ2v) is 6.68. The second-order valence-electron chi connectivity index (χ2n) is 6.68. The van der Waals surface area contributed by atoms with Gasteiger partial charge in [0.1, 0.15) is 5.75 Å². The van der Waals surface area contributed by atoms with Gasteiger partial charge in [0.15, 0.2) is 12.6 Å². The van der Waals surface area contributed by atoms with Crippen LogP contribution in [-0.2, 0) is 6.54 Å². The van der Waals surface area contributed by atoms with Gasteiger partial charge in [0.05, 0.1) is 0 Å². The summed E-state index contributed by atoms with van der Waals surface area (Å²) < 4.78 is 41.2. The molecule has 2 rings (SSSR count). The normalized spacial score (nSPS) is 16.8. The summed E-state index contributed by atoms with van der Waals surface area (Å²) in [5.74, 6) is 0.899. The van der Waals surface area contributed by atoms with E-state index < -0.39 is 12.8 Å². The van der Waals surface area contributed by atoms with Gasteiger partial charge in [-0.1, -0.05) is 19.1 Å². The first kappa shape index (κ1) is 22.3. The van der Waals surface area contributed by atoms with Crippen LogP contribution in [0.4, 0.5) is 13.2 Å². The van der Waals surface area contributed by atoms with Crippen molar-refractivity contribution in [3.63, 3.8) is 0 Å². The minimum Gasteiger partial charge on any atom is -0.484 e. The molecule has 0 atom stereocenters. The van der Waals surface area contributed by atoms with Gasteiger partial charge in [-0.2, -0.15) is 13.2 Å². The molecule has 1 fully saturated rings. The van der Waals surface area contributed by atoms with Crippen LogP contribution >= 0.6 is 0 Å². The maximum Gasteiger partial charge on any atom is 0.422 e. The topological polar surface area (TPSA) is 52.1 Å². The average molecular weight is 401 g/mol. The number of likely N-dealkylation sites (N-methyl/N-ethyl adjacent to an activating group) is 1. The van der Waals surface area contributed by atoms with Gasteiger partial charge in [0.25, 0.3) is 0 Å². The van der Waals surface area contributed by atoms with E-state index in [0.29, 0.717) is 12.5 Å². The zero-order valence-electron chi connectivity index (χ0n) is 16.6. The van der Waals surface area contributed by atoms with Crippen LogP contribution in [0.2, 0.25) is 0 Å². The van der Waals surface area contributed by atoms with Crippen LogP contribution in [0, 0.1) is 0 Å². The van der Waals surface area contributed by atoms with Crippen molar-refractivity contribution in [3.8, 4) is 5.75 Å². The highest BCUT2D eigenvalue weighted by molar-refractivity contribution is 5.79. The van der Waals surface area contributed by atoms with Crippen LogP contribution in [-0.4, -0.2) is 81.4 Å². The lowest BCUT2D eigenvalue weighted by Crippen LogP contribution is -2.49. The predicted octanol–water partition coefficient (Wildman–Crippen LogP) is 1.93. The average Bonchev–Trinajstić information content (AvgIpc) is 2.69. The summed E-state index contributed by atoms with van der Waals surface area (Å²) in [5, 5.41) is 6.50. The van der Waals surface area contributed by atoms with Crippen LogP contribution < -0.4 is 15.4 Å². The van der Waals surface area contributed by atoms with Gasteiger partial charge >= 0.3 is 6.18 Å². The maximum atomic E-state index is 12.2. The van der Waals surface area contributed by atoms with Crippen molar-refractivity contribution in [1.29, 1.82) is 0 Å². The molecular weight excluding hydrogens is 371 g/mol. The number of alkyl halides is 3. The Morgan fingerprint density at radius 1 is 1.07 bits per heavy atom. The highest BCUT2D eigenvalue weighted by Gasteiger charge is 2.28. The molecule has 1 saturated heterocycles. The second kappa shape index (κ2) is 11.1. The van der Waals surface area contributed by atoms with Gasteiger partial charge in [-0.25, -0.2) is 0 Å². The summed E-state index contributed by atoms with van der Waals surface area (Å²) in [7, 11) is 1.71. The first-order valence-electron chi connectivity index (χ1n) is 9.57. The van der Waals surface area contributed by atoms with Crippen LogP contribution in [0.15, 0.2) is 29.3 Å². The number of halogens is 3. The van der Waals surface area contributed by atoms with Crippen molar-refractivity contribution in [2.75, 3.05) is 59.5 Å². The minimum absolute atomic E-state index is 0.201. The summed E-state index contributed by atoms with van der Waals surface area (Å²) in [6.45, 7) is 8.71. The molecule has 1 aromatic carbocycles. The van der Waals surface area contributed by atoms with Crippen molar-refractivity contribution in [3.05, 3.63) is 29.8 Å². The fourth-order valence-electron chi connectivity index (χ4n) is 2.94. The van der Waals surface area contributed by atoms with E-state index in [1.54, 1.807) is 19.2 Å². The van der Waals surface area contributed by atoms with Crippen molar-refractivity contribution >= 4 is 5.96 Å². The standard InChI is InChI=1S/C19H30F3N5O/c1-3-26-10-12-27(13-11-26)9-8-24-18(23-2)25-14-16-4-6-17(7-5-16)28-15-19(20,21)22/h4-7H,3,8-15H2,1-2H3,(H2,23,24,25). The van der Waals surface area contributed by atoms with E-state index in [-0.39, 0.29) is 5.75 Å². The van der Waals surface area contributed by atoms with Gasteiger partial charge in [0, 0.05) is 52.9 Å². The first-order chi connectivity index (χ1) is 13.4. The molecule has 0 aromatic heterocycles. The van der Waals surface area contributed by atoms with Crippen LogP contribution in [0.3, 0.4) is 0 Å². The Morgan fingerprint density at radius 2 is 1.71 bits per heavy atom. The lowest BCUT2D eigenvalue weighted by Gasteiger charge is -2.34. The smallest absolute Gasteiger partial charge is 0.422 e. The highest BCUT2D eigenvalue weighted by atomic mass is 19.4. The fourth-order valence-corrected chi connectivity index (χ4v) is 2.94. The van der Waals surface area contributed by atoms with E-state index in [2.05, 4.69) is 32.3 Å². The quantitative estimate of drug-likeness (QED) is 0.515. The molecule has 1 heterocycles. The molecule has 0 spiro atoms. The number of nitrogens with zero attached hydrogens (tertiary/aromatic N) is 3. The molecule has 0 unspecified atom stereocenters. The molecule has 9 heteroatoms. The third-order valence-corrected chi connectivity index (χ3v) is 4.64. The van der Waals surface area contributed by atoms with Gasteiger partial charge in [-0.05, 0) is 24.2 Å². The molecule has 0 aliphatic carbocycles. The Labute approximate surface area is 164 Å². The van der Waals surface area contributed by atoms with E-state index in [1.807, 2.05) is 0 Å². The number of ether oxygens (including phenoxy) is 1. The summed E-state index contributed by atoms with van der Waals surface area (Å²) in [5.41, 5.74) is 0.929. The third kappa shape index (κ3) is 8.35. The van der Waals surface area contributed by atoms with Crippen LogP contribution in [0.5, 0.6) is 5.75 Å². The molecule has 6 nitrogen and oxygen atoms in total. The largest absolute Gasteiger partial charge is 0.484 e. The van der Waals surface area contributed by atoms with Crippen molar-refractivity contribution in [2.45, 2.75) is 19.6 Å². The Bertz CT molecular complexity index is 599. The molecular formula is C19H30F3N5O. The highest BCUT2D eigenvalue weighted by Crippen LogP contribution is 2.18. The monoisotopic (exact) mass is 401 g/mol. The summed E-state index contributed by atoms with van der Waals surface area (Å²) >= 11 is 0. The van der Waals surface area contributed by atoms with Gasteiger partial charge < -0.3 is 20.3 Å². The van der Waals surface area contributed by atoms with Crippen LogP contribution in [0.25, 0.3) is 0 Å².